The summed E-state index contributed by atoms with van der Waals surface area (Å²) in [5.74, 6) is -0.603. The van der Waals surface area contributed by atoms with Crippen LogP contribution in [0.1, 0.15) is 62.2 Å². The topological polar surface area (TPSA) is 77.8 Å². The van der Waals surface area contributed by atoms with Crippen molar-refractivity contribution in [2.75, 3.05) is 6.54 Å². The summed E-state index contributed by atoms with van der Waals surface area (Å²) >= 11 is 0. The third-order valence-corrected chi connectivity index (χ3v) is 6.11. The van der Waals surface area contributed by atoms with Crippen molar-refractivity contribution >= 4 is 11.9 Å². The summed E-state index contributed by atoms with van der Waals surface area (Å²) in [6, 6.07) is 16.2. The van der Waals surface area contributed by atoms with Crippen molar-refractivity contribution < 1.29 is 19.8 Å². The first kappa shape index (κ1) is 23.7. The van der Waals surface area contributed by atoms with Crippen LogP contribution in [0.3, 0.4) is 0 Å². The molecule has 2 aromatic carbocycles. The molecule has 0 aromatic heterocycles. The standard InChI is InChI=1S/C27H33NO4/c1-20-9-5-6-12-24(20)21-10-8-11-22(19-21)25(29)16-14-23-15-17-26(30)28(23)18-7-3-2-4-13-27(31)32/h5-6,8-12,14,16,19,23,25,29H,2-4,7,13,15,17-18H2,1H3,(H,31,32)/t23-,25?/m0/s1. The number of amides is 1. The molecule has 1 aliphatic rings. The van der Waals surface area contributed by atoms with Gasteiger partial charge in [0.05, 0.1) is 12.1 Å². The highest BCUT2D eigenvalue weighted by atomic mass is 16.4. The maximum atomic E-state index is 12.3. The van der Waals surface area contributed by atoms with Crippen molar-refractivity contribution in [3.8, 4) is 11.1 Å². The summed E-state index contributed by atoms with van der Waals surface area (Å²) in [6.45, 7) is 2.76. The van der Waals surface area contributed by atoms with Gasteiger partial charge in [0.2, 0.25) is 5.91 Å². The highest BCUT2D eigenvalue weighted by molar-refractivity contribution is 5.79. The van der Waals surface area contributed by atoms with Gasteiger partial charge in [-0.1, -0.05) is 67.5 Å². The van der Waals surface area contributed by atoms with Crippen LogP contribution in [-0.4, -0.2) is 39.6 Å². The Morgan fingerprint density at radius 1 is 1.12 bits per heavy atom. The van der Waals surface area contributed by atoms with Crippen molar-refractivity contribution in [1.29, 1.82) is 0 Å². The average molecular weight is 436 g/mol. The van der Waals surface area contributed by atoms with Gasteiger partial charge < -0.3 is 15.1 Å². The zero-order valence-electron chi connectivity index (χ0n) is 18.7. The fourth-order valence-corrected chi connectivity index (χ4v) is 4.29. The molecule has 3 rings (SSSR count). The van der Waals surface area contributed by atoms with E-state index in [1.807, 2.05) is 41.3 Å². The number of aliphatic hydroxyl groups excluding tert-OH is 1. The summed E-state index contributed by atoms with van der Waals surface area (Å²) in [5, 5.41) is 19.5. The molecule has 1 fully saturated rings. The number of carboxylic acids is 1. The van der Waals surface area contributed by atoms with Gasteiger partial charge in [0.25, 0.3) is 0 Å². The molecule has 0 aliphatic carbocycles. The second-order valence-electron chi connectivity index (χ2n) is 8.52. The number of carbonyl (C=O) groups is 2. The van der Waals surface area contributed by atoms with Crippen LogP contribution in [0.25, 0.3) is 11.1 Å². The van der Waals surface area contributed by atoms with Crippen LogP contribution in [0.15, 0.2) is 60.7 Å². The van der Waals surface area contributed by atoms with E-state index in [9.17, 15) is 14.7 Å². The predicted octanol–water partition coefficient (Wildman–Crippen LogP) is 5.28. The van der Waals surface area contributed by atoms with E-state index in [1.54, 1.807) is 6.08 Å². The van der Waals surface area contributed by atoms with Crippen LogP contribution in [0.2, 0.25) is 0 Å². The molecule has 1 saturated heterocycles. The predicted molar refractivity (Wildman–Crippen MR) is 126 cm³/mol. The highest BCUT2D eigenvalue weighted by Crippen LogP contribution is 2.27. The lowest BCUT2D eigenvalue weighted by atomic mass is 9.97. The third-order valence-electron chi connectivity index (χ3n) is 6.11. The third kappa shape index (κ3) is 6.54. The minimum absolute atomic E-state index is 0.00993. The van der Waals surface area contributed by atoms with E-state index < -0.39 is 12.1 Å². The van der Waals surface area contributed by atoms with Crippen LogP contribution in [0.4, 0.5) is 0 Å². The molecular formula is C27H33NO4. The number of carboxylic acid groups (broad SMARTS) is 1. The highest BCUT2D eigenvalue weighted by Gasteiger charge is 2.28. The van der Waals surface area contributed by atoms with Gasteiger partial charge in [-0.15, -0.1) is 0 Å². The van der Waals surface area contributed by atoms with Gasteiger partial charge in [0.15, 0.2) is 0 Å². The average Bonchev–Trinajstić information content (AvgIpc) is 3.14. The summed E-state index contributed by atoms with van der Waals surface area (Å²) < 4.78 is 0. The molecule has 0 spiro atoms. The van der Waals surface area contributed by atoms with E-state index >= 15 is 0 Å². The van der Waals surface area contributed by atoms with E-state index in [4.69, 9.17) is 5.11 Å². The Labute approximate surface area is 190 Å². The molecule has 0 bridgehead atoms. The molecule has 0 saturated carbocycles. The number of rotatable bonds is 11. The first-order chi connectivity index (χ1) is 15.5. The van der Waals surface area contributed by atoms with Crippen molar-refractivity contribution in [1.82, 2.24) is 4.90 Å². The molecule has 5 nitrogen and oxygen atoms in total. The number of aliphatic hydroxyl groups is 1. The van der Waals surface area contributed by atoms with Crippen LogP contribution >= 0.6 is 0 Å². The van der Waals surface area contributed by atoms with E-state index in [2.05, 4.69) is 25.1 Å². The Hall–Kier alpha value is -2.92. The number of hydrogen-bond donors (Lipinski definition) is 2. The van der Waals surface area contributed by atoms with E-state index in [0.717, 1.165) is 42.4 Å². The lowest BCUT2D eigenvalue weighted by Gasteiger charge is -2.22. The molecular weight excluding hydrogens is 402 g/mol. The Bertz CT molecular complexity index is 952. The molecule has 2 atom stereocenters. The molecule has 170 valence electrons. The molecule has 1 aliphatic heterocycles. The maximum absolute atomic E-state index is 12.3. The number of hydrogen-bond acceptors (Lipinski definition) is 3. The summed E-state index contributed by atoms with van der Waals surface area (Å²) in [6.07, 6.45) is 7.87. The van der Waals surface area contributed by atoms with Crippen LogP contribution in [0.5, 0.6) is 0 Å². The molecule has 2 aromatic rings. The van der Waals surface area contributed by atoms with E-state index in [-0.39, 0.29) is 18.4 Å². The quantitative estimate of drug-likeness (QED) is 0.372. The van der Waals surface area contributed by atoms with Crippen molar-refractivity contribution in [2.24, 2.45) is 0 Å². The molecule has 32 heavy (non-hydrogen) atoms. The normalized spacial score (nSPS) is 17.2. The van der Waals surface area contributed by atoms with Crippen molar-refractivity contribution in [2.45, 2.75) is 64.0 Å². The van der Waals surface area contributed by atoms with Crippen molar-refractivity contribution in [3.63, 3.8) is 0 Å². The largest absolute Gasteiger partial charge is 0.481 e. The van der Waals surface area contributed by atoms with Gasteiger partial charge in [0.1, 0.15) is 0 Å². The summed E-state index contributed by atoms with van der Waals surface area (Å²) in [7, 11) is 0. The molecule has 1 heterocycles. The van der Waals surface area contributed by atoms with E-state index in [0.29, 0.717) is 19.4 Å². The Morgan fingerprint density at radius 3 is 2.69 bits per heavy atom. The number of aryl methyl sites for hydroxylation is 1. The Morgan fingerprint density at radius 2 is 1.91 bits per heavy atom. The molecule has 2 N–H and O–H groups in total. The Balaban J connectivity index is 1.57. The van der Waals surface area contributed by atoms with Gasteiger partial charge in [-0.05, 0) is 54.5 Å². The number of unbranched alkanes of at least 4 members (excludes halogenated alkanes) is 3. The van der Waals surface area contributed by atoms with Gasteiger partial charge in [0, 0.05) is 19.4 Å². The van der Waals surface area contributed by atoms with Gasteiger partial charge in [-0.3, -0.25) is 9.59 Å². The van der Waals surface area contributed by atoms with Gasteiger partial charge in [-0.25, -0.2) is 0 Å². The monoisotopic (exact) mass is 435 g/mol. The summed E-state index contributed by atoms with van der Waals surface area (Å²) in [5.41, 5.74) is 4.25. The van der Waals surface area contributed by atoms with Crippen molar-refractivity contribution in [3.05, 3.63) is 71.8 Å². The molecule has 1 amide bonds. The van der Waals surface area contributed by atoms with Gasteiger partial charge >= 0.3 is 5.97 Å². The minimum atomic E-state index is -0.757. The zero-order valence-corrected chi connectivity index (χ0v) is 18.7. The molecule has 1 unspecified atom stereocenters. The minimum Gasteiger partial charge on any atom is -0.481 e. The molecule has 0 radical (unpaired) electrons. The second-order valence-corrected chi connectivity index (χ2v) is 8.52. The van der Waals surface area contributed by atoms with E-state index in [1.165, 1.54) is 5.56 Å². The van der Waals surface area contributed by atoms with Crippen LogP contribution in [0, 0.1) is 6.92 Å². The lowest BCUT2D eigenvalue weighted by molar-refractivity contribution is -0.137. The first-order valence-electron chi connectivity index (χ1n) is 11.5. The molecule has 5 heteroatoms. The maximum Gasteiger partial charge on any atom is 0.303 e. The first-order valence-corrected chi connectivity index (χ1v) is 11.5. The SMILES string of the molecule is Cc1ccccc1-c1cccc(C(O)C=C[C@H]2CCC(=O)N2CCCCCCC(=O)O)c1. The fourth-order valence-electron chi connectivity index (χ4n) is 4.29. The van der Waals surface area contributed by atoms with Gasteiger partial charge in [-0.2, -0.15) is 0 Å². The number of aliphatic carboxylic acids is 1. The number of benzene rings is 2. The zero-order chi connectivity index (χ0) is 22.9. The number of likely N-dealkylation sites (tertiary alicyclic amines) is 1. The Kier molecular flexibility index (Phi) is 8.63. The van der Waals surface area contributed by atoms with Crippen LogP contribution < -0.4 is 0 Å². The smallest absolute Gasteiger partial charge is 0.303 e. The second kappa shape index (κ2) is 11.6. The lowest BCUT2D eigenvalue weighted by Crippen LogP contribution is -2.32. The fraction of sp³-hybridized carbons (Fsp3) is 0.407. The number of carbonyl (C=O) groups excluding carboxylic acids is 1. The van der Waals surface area contributed by atoms with Crippen LogP contribution in [-0.2, 0) is 9.59 Å². The number of nitrogens with zero attached hydrogens (tertiary/aromatic N) is 1. The summed E-state index contributed by atoms with van der Waals surface area (Å²) in [4.78, 5) is 24.8.